The van der Waals surface area contributed by atoms with Gasteiger partial charge < -0.3 is 15.0 Å². The second-order valence-electron chi connectivity index (χ2n) is 8.64. The molecule has 1 aliphatic rings. The van der Waals surface area contributed by atoms with Crippen LogP contribution in [0.25, 0.3) is 20.3 Å². The molecule has 0 spiro atoms. The lowest BCUT2D eigenvalue weighted by molar-refractivity contribution is -0.908. The average Bonchev–Trinajstić information content (AvgIpc) is 3.28. The number of nitrogens with zero attached hydrogens (tertiary/aromatic N) is 2. The number of thioether (sulfide) groups is 1. The average molecular weight is 510 g/mol. The second-order valence-corrected chi connectivity index (χ2v) is 10.6. The van der Waals surface area contributed by atoms with E-state index >= 15 is 0 Å². The SMILES string of the molecule is O=C(CSc1nc2c(sc3ccccc32)c(=O)n1CCC[NH+]1CCOCC1)NCc1ccccc1. The summed E-state index contributed by atoms with van der Waals surface area (Å²) in [6.45, 7) is 5.66. The Bertz CT molecular complexity index is 1360. The molecule has 35 heavy (non-hydrogen) atoms. The molecule has 1 aliphatic heterocycles. The van der Waals surface area contributed by atoms with Crippen molar-refractivity contribution in [1.29, 1.82) is 0 Å². The predicted molar refractivity (Wildman–Crippen MR) is 141 cm³/mol. The monoisotopic (exact) mass is 509 g/mol. The molecular weight excluding hydrogens is 480 g/mol. The minimum absolute atomic E-state index is 0.0135. The number of carbonyl (C=O) groups is 1. The van der Waals surface area contributed by atoms with Crippen molar-refractivity contribution in [3.8, 4) is 0 Å². The van der Waals surface area contributed by atoms with Crippen LogP contribution in [0.15, 0.2) is 64.5 Å². The molecule has 0 saturated carbocycles. The van der Waals surface area contributed by atoms with Gasteiger partial charge in [-0.1, -0.05) is 60.3 Å². The van der Waals surface area contributed by atoms with E-state index in [1.165, 1.54) is 28.0 Å². The minimum atomic E-state index is -0.0762. The van der Waals surface area contributed by atoms with E-state index in [0.29, 0.717) is 22.9 Å². The fourth-order valence-corrected chi connectivity index (χ4v) is 6.27. The first-order valence-electron chi connectivity index (χ1n) is 12.0. The van der Waals surface area contributed by atoms with Crippen LogP contribution >= 0.6 is 23.1 Å². The fourth-order valence-electron chi connectivity index (χ4n) is 4.34. The van der Waals surface area contributed by atoms with Gasteiger partial charge in [0.05, 0.1) is 31.0 Å². The lowest BCUT2D eigenvalue weighted by Crippen LogP contribution is -3.14. The fraction of sp³-hybridized carbons (Fsp3) is 0.346. The maximum absolute atomic E-state index is 13.5. The van der Waals surface area contributed by atoms with Gasteiger partial charge in [0.2, 0.25) is 5.91 Å². The van der Waals surface area contributed by atoms with Crippen molar-refractivity contribution < 1.29 is 14.4 Å². The van der Waals surface area contributed by atoms with Crippen molar-refractivity contribution in [1.82, 2.24) is 14.9 Å². The summed E-state index contributed by atoms with van der Waals surface area (Å²) in [6.07, 6.45) is 0.876. The van der Waals surface area contributed by atoms with Gasteiger partial charge >= 0.3 is 0 Å². The van der Waals surface area contributed by atoms with E-state index in [-0.39, 0.29) is 17.2 Å². The maximum Gasteiger partial charge on any atom is 0.272 e. The van der Waals surface area contributed by atoms with E-state index in [0.717, 1.165) is 60.4 Å². The zero-order valence-corrected chi connectivity index (χ0v) is 21.1. The molecule has 0 aliphatic carbocycles. The number of aromatic nitrogens is 2. The Hall–Kier alpha value is -2.72. The molecule has 5 rings (SSSR count). The van der Waals surface area contributed by atoms with Crippen LogP contribution in [0.4, 0.5) is 0 Å². The topological polar surface area (TPSA) is 77.7 Å². The maximum atomic E-state index is 13.5. The van der Waals surface area contributed by atoms with E-state index in [9.17, 15) is 9.59 Å². The number of thiophene rings is 1. The third-order valence-corrected chi connectivity index (χ3v) is 8.35. The van der Waals surface area contributed by atoms with Crippen LogP contribution in [-0.2, 0) is 22.6 Å². The first kappa shape index (κ1) is 24.0. The lowest BCUT2D eigenvalue weighted by atomic mass is 10.2. The zero-order chi connectivity index (χ0) is 24.0. The van der Waals surface area contributed by atoms with E-state index in [1.807, 2.05) is 54.6 Å². The molecule has 3 heterocycles. The summed E-state index contributed by atoms with van der Waals surface area (Å²) in [6, 6.07) is 17.8. The highest BCUT2D eigenvalue weighted by molar-refractivity contribution is 7.99. The lowest BCUT2D eigenvalue weighted by Gasteiger charge is -2.23. The van der Waals surface area contributed by atoms with Gasteiger partial charge in [-0.3, -0.25) is 14.2 Å². The Balaban J connectivity index is 1.35. The van der Waals surface area contributed by atoms with Gasteiger partial charge in [0, 0.05) is 29.6 Å². The largest absolute Gasteiger partial charge is 0.370 e. The van der Waals surface area contributed by atoms with Gasteiger partial charge in [-0.2, -0.15) is 0 Å². The van der Waals surface area contributed by atoms with E-state index < -0.39 is 0 Å². The number of nitrogens with one attached hydrogen (secondary N) is 2. The van der Waals surface area contributed by atoms with Crippen molar-refractivity contribution >= 4 is 49.3 Å². The number of hydrogen-bond donors (Lipinski definition) is 2. The molecule has 0 radical (unpaired) electrons. The van der Waals surface area contributed by atoms with Crippen LogP contribution < -0.4 is 15.8 Å². The molecule has 2 aromatic heterocycles. The van der Waals surface area contributed by atoms with Crippen LogP contribution in [0.2, 0.25) is 0 Å². The molecule has 7 nitrogen and oxygen atoms in total. The summed E-state index contributed by atoms with van der Waals surface area (Å²) in [4.78, 5) is 32.5. The van der Waals surface area contributed by atoms with Gasteiger partial charge in [-0.25, -0.2) is 4.98 Å². The van der Waals surface area contributed by atoms with Crippen molar-refractivity contribution in [3.63, 3.8) is 0 Å². The predicted octanol–water partition coefficient (Wildman–Crippen LogP) is 2.32. The third-order valence-electron chi connectivity index (χ3n) is 6.22. The highest BCUT2D eigenvalue weighted by Crippen LogP contribution is 2.31. The van der Waals surface area contributed by atoms with Gasteiger partial charge in [0.15, 0.2) is 5.16 Å². The van der Waals surface area contributed by atoms with Crippen LogP contribution in [-0.4, -0.2) is 54.1 Å². The molecule has 1 amide bonds. The first-order valence-corrected chi connectivity index (χ1v) is 13.8. The standard InChI is InChI=1S/C26H28N4O3S2/c31-22(27-17-19-7-2-1-3-8-19)18-34-26-28-23-20-9-4-5-10-21(20)35-24(23)25(32)30(26)12-6-11-29-13-15-33-16-14-29/h1-5,7-10H,6,11-18H2,(H,27,31)/p+1. The molecule has 0 bridgehead atoms. The Morgan fingerprint density at radius 3 is 2.71 bits per heavy atom. The smallest absolute Gasteiger partial charge is 0.272 e. The Kier molecular flexibility index (Phi) is 7.78. The second kappa shape index (κ2) is 11.3. The first-order chi connectivity index (χ1) is 17.2. The highest BCUT2D eigenvalue weighted by Gasteiger charge is 2.19. The normalized spacial score (nSPS) is 14.5. The number of morpholine rings is 1. The number of rotatable bonds is 9. The molecule has 2 aromatic carbocycles. The zero-order valence-electron chi connectivity index (χ0n) is 19.5. The van der Waals surface area contributed by atoms with E-state index in [1.54, 1.807) is 4.57 Å². The number of ether oxygens (including phenoxy) is 1. The minimum Gasteiger partial charge on any atom is -0.370 e. The number of benzene rings is 2. The van der Waals surface area contributed by atoms with Crippen molar-refractivity contribution in [3.05, 3.63) is 70.5 Å². The third kappa shape index (κ3) is 5.75. The van der Waals surface area contributed by atoms with Gasteiger partial charge in [-0.15, -0.1) is 11.3 Å². The molecule has 0 unspecified atom stereocenters. The van der Waals surface area contributed by atoms with Crippen molar-refractivity contribution in [2.24, 2.45) is 0 Å². The quantitative estimate of drug-likeness (QED) is 0.268. The van der Waals surface area contributed by atoms with E-state index in [4.69, 9.17) is 9.72 Å². The molecule has 182 valence electrons. The molecule has 0 atom stereocenters. The summed E-state index contributed by atoms with van der Waals surface area (Å²) in [5.74, 6) is 0.134. The van der Waals surface area contributed by atoms with Crippen LogP contribution in [0.1, 0.15) is 12.0 Å². The number of fused-ring (bicyclic) bond motifs is 3. The molecule has 2 N–H and O–H groups in total. The van der Waals surface area contributed by atoms with Gasteiger partial charge in [0.25, 0.3) is 5.56 Å². The summed E-state index contributed by atoms with van der Waals surface area (Å²) in [5.41, 5.74) is 1.77. The molecule has 9 heteroatoms. The Labute approximate surface area is 212 Å². The molecule has 4 aromatic rings. The number of amides is 1. The summed E-state index contributed by atoms with van der Waals surface area (Å²) < 4.78 is 8.96. The summed E-state index contributed by atoms with van der Waals surface area (Å²) >= 11 is 2.83. The molecular formula is C26H29N4O3S2+. The highest BCUT2D eigenvalue weighted by atomic mass is 32.2. The number of quaternary nitrogens is 1. The van der Waals surface area contributed by atoms with Crippen molar-refractivity contribution in [2.75, 3.05) is 38.6 Å². The molecule has 1 saturated heterocycles. The summed E-state index contributed by atoms with van der Waals surface area (Å²) in [5, 5.41) is 4.56. The van der Waals surface area contributed by atoms with Crippen LogP contribution in [0.5, 0.6) is 0 Å². The number of hydrogen-bond acceptors (Lipinski definition) is 6. The van der Waals surface area contributed by atoms with Crippen LogP contribution in [0.3, 0.4) is 0 Å². The Morgan fingerprint density at radius 2 is 1.89 bits per heavy atom. The number of carbonyl (C=O) groups excluding carboxylic acids is 1. The van der Waals surface area contributed by atoms with Gasteiger partial charge in [0.1, 0.15) is 17.8 Å². The van der Waals surface area contributed by atoms with E-state index in [2.05, 4.69) is 5.32 Å². The molecule has 1 fully saturated rings. The van der Waals surface area contributed by atoms with Gasteiger partial charge in [-0.05, 0) is 11.6 Å². The van der Waals surface area contributed by atoms with Crippen molar-refractivity contribution in [2.45, 2.75) is 24.7 Å². The van der Waals surface area contributed by atoms with Crippen LogP contribution in [0, 0.1) is 0 Å². The summed E-state index contributed by atoms with van der Waals surface area (Å²) in [7, 11) is 0. The Morgan fingerprint density at radius 1 is 1.11 bits per heavy atom.